The third-order valence-corrected chi connectivity index (χ3v) is 6.46. The van der Waals surface area contributed by atoms with Gasteiger partial charge in [-0.15, -0.1) is 0 Å². The summed E-state index contributed by atoms with van der Waals surface area (Å²) in [7, 11) is 1.58. The molecule has 0 aliphatic carbocycles. The van der Waals surface area contributed by atoms with Crippen molar-refractivity contribution in [1.82, 2.24) is 0 Å². The van der Waals surface area contributed by atoms with Gasteiger partial charge in [0.15, 0.2) is 0 Å². The molecule has 3 aromatic carbocycles. The number of aliphatic hydroxyl groups excluding tert-OH is 1. The molecular weight excluding hydrogens is 454 g/mol. The van der Waals surface area contributed by atoms with Crippen LogP contribution < -0.4 is 14.4 Å². The second-order valence-corrected chi connectivity index (χ2v) is 9.07. The van der Waals surface area contributed by atoms with Gasteiger partial charge in [0.25, 0.3) is 11.7 Å². The van der Waals surface area contributed by atoms with Crippen LogP contribution in [0, 0.1) is 6.92 Å². The number of benzene rings is 3. The summed E-state index contributed by atoms with van der Waals surface area (Å²) in [5.74, 6) is -0.102. The van der Waals surface area contributed by atoms with Crippen LogP contribution in [0.3, 0.4) is 0 Å². The summed E-state index contributed by atoms with van der Waals surface area (Å²) in [5, 5.41) is 11.5. The van der Waals surface area contributed by atoms with Crippen LogP contribution in [0.1, 0.15) is 55.0 Å². The number of amides is 1. The average molecular weight is 486 g/mol. The molecule has 1 N–H and O–H groups in total. The summed E-state index contributed by atoms with van der Waals surface area (Å²) in [5.41, 5.74) is 3.58. The Morgan fingerprint density at radius 1 is 1.03 bits per heavy atom. The lowest BCUT2D eigenvalue weighted by molar-refractivity contribution is -0.132. The van der Waals surface area contributed by atoms with Gasteiger partial charge in [0.05, 0.1) is 25.3 Å². The Bertz CT molecular complexity index is 1320. The first-order valence-corrected chi connectivity index (χ1v) is 12.1. The van der Waals surface area contributed by atoms with E-state index in [2.05, 4.69) is 0 Å². The summed E-state index contributed by atoms with van der Waals surface area (Å²) in [6, 6.07) is 19.1. The Labute approximate surface area is 211 Å². The molecule has 3 aromatic rings. The monoisotopic (exact) mass is 485 g/mol. The van der Waals surface area contributed by atoms with Crippen molar-refractivity contribution in [2.75, 3.05) is 18.6 Å². The van der Waals surface area contributed by atoms with Gasteiger partial charge >= 0.3 is 0 Å². The quantitative estimate of drug-likeness (QED) is 0.247. The number of carbonyl (C=O) groups excluding carboxylic acids is 2. The maximum Gasteiger partial charge on any atom is 0.300 e. The van der Waals surface area contributed by atoms with E-state index in [0.29, 0.717) is 29.2 Å². The van der Waals surface area contributed by atoms with E-state index in [1.165, 1.54) is 4.90 Å². The van der Waals surface area contributed by atoms with E-state index in [1.807, 2.05) is 70.2 Å². The molecule has 0 saturated carbocycles. The normalized spacial score (nSPS) is 17.1. The Hall–Kier alpha value is -4.06. The minimum atomic E-state index is -0.800. The maximum atomic E-state index is 13.5. The largest absolute Gasteiger partial charge is 0.507 e. The Morgan fingerprint density at radius 3 is 2.33 bits per heavy atom. The zero-order chi connectivity index (χ0) is 26.0. The Kier molecular flexibility index (Phi) is 7.15. The van der Waals surface area contributed by atoms with Gasteiger partial charge in [0.1, 0.15) is 17.3 Å². The number of nitrogens with zero attached hydrogens (tertiary/aromatic N) is 1. The number of ether oxygens (including phenoxy) is 2. The van der Waals surface area contributed by atoms with E-state index < -0.39 is 17.7 Å². The van der Waals surface area contributed by atoms with E-state index in [0.717, 1.165) is 16.9 Å². The Balaban J connectivity index is 1.94. The molecule has 1 fully saturated rings. The van der Waals surface area contributed by atoms with Gasteiger partial charge in [-0.3, -0.25) is 14.5 Å². The van der Waals surface area contributed by atoms with Gasteiger partial charge in [0.2, 0.25) is 0 Å². The zero-order valence-electron chi connectivity index (χ0n) is 21.2. The summed E-state index contributed by atoms with van der Waals surface area (Å²) in [4.78, 5) is 28.3. The Morgan fingerprint density at radius 2 is 1.72 bits per heavy atom. The summed E-state index contributed by atoms with van der Waals surface area (Å²) < 4.78 is 11.1. The zero-order valence-corrected chi connectivity index (χ0v) is 21.2. The minimum absolute atomic E-state index is 0.0484. The molecule has 0 aromatic heterocycles. The minimum Gasteiger partial charge on any atom is -0.507 e. The van der Waals surface area contributed by atoms with E-state index in [1.54, 1.807) is 31.4 Å². The number of aliphatic hydroxyl groups is 1. The molecule has 4 rings (SSSR count). The lowest BCUT2D eigenvalue weighted by Gasteiger charge is -2.27. The van der Waals surface area contributed by atoms with E-state index in [-0.39, 0.29) is 17.3 Å². The third-order valence-electron chi connectivity index (χ3n) is 6.46. The fourth-order valence-electron chi connectivity index (χ4n) is 4.61. The van der Waals surface area contributed by atoms with Crippen molar-refractivity contribution in [2.45, 2.75) is 39.7 Å². The molecule has 0 bridgehead atoms. The molecule has 6 heteroatoms. The molecule has 1 aliphatic heterocycles. The fourth-order valence-corrected chi connectivity index (χ4v) is 4.61. The third kappa shape index (κ3) is 4.47. The van der Waals surface area contributed by atoms with Crippen molar-refractivity contribution in [3.8, 4) is 11.5 Å². The highest BCUT2D eigenvalue weighted by Gasteiger charge is 2.47. The number of Topliss-reactive ketones (excluding diaryl/α,β-unsaturated/α-hetero) is 1. The molecule has 1 amide bonds. The SMILES string of the molecule is CCOc1ccc(/C(O)=C2/C(=O)C(=O)N(c3ccccc3C)C2c2ccc(OC)cc2)cc1C(C)C. The van der Waals surface area contributed by atoms with E-state index >= 15 is 0 Å². The van der Waals surface area contributed by atoms with Gasteiger partial charge in [-0.1, -0.05) is 44.2 Å². The second kappa shape index (κ2) is 10.3. The van der Waals surface area contributed by atoms with Gasteiger partial charge in [0, 0.05) is 11.3 Å². The smallest absolute Gasteiger partial charge is 0.300 e. The van der Waals surface area contributed by atoms with Crippen LogP contribution >= 0.6 is 0 Å². The van der Waals surface area contributed by atoms with Crippen LogP contribution in [0.25, 0.3) is 5.76 Å². The number of aryl methyl sites for hydroxylation is 1. The van der Waals surface area contributed by atoms with Crippen molar-refractivity contribution in [2.24, 2.45) is 0 Å². The lowest BCUT2D eigenvalue weighted by Crippen LogP contribution is -2.30. The van der Waals surface area contributed by atoms with Gasteiger partial charge in [-0.2, -0.15) is 0 Å². The van der Waals surface area contributed by atoms with Crippen LogP contribution in [0.4, 0.5) is 5.69 Å². The average Bonchev–Trinajstić information content (AvgIpc) is 3.14. The number of anilines is 1. The molecule has 186 valence electrons. The molecule has 36 heavy (non-hydrogen) atoms. The van der Waals surface area contributed by atoms with Crippen LogP contribution in [0.15, 0.2) is 72.3 Å². The van der Waals surface area contributed by atoms with Gasteiger partial charge in [-0.25, -0.2) is 0 Å². The molecule has 1 saturated heterocycles. The van der Waals surface area contributed by atoms with Crippen LogP contribution in [-0.4, -0.2) is 30.5 Å². The summed E-state index contributed by atoms with van der Waals surface area (Å²) >= 11 is 0. The predicted molar refractivity (Wildman–Crippen MR) is 141 cm³/mol. The molecule has 1 aliphatic rings. The number of rotatable bonds is 7. The first-order chi connectivity index (χ1) is 17.3. The summed E-state index contributed by atoms with van der Waals surface area (Å²) in [6.45, 7) is 8.40. The van der Waals surface area contributed by atoms with E-state index in [4.69, 9.17) is 9.47 Å². The molecular formula is C30H31NO5. The van der Waals surface area contributed by atoms with Crippen LogP contribution in [-0.2, 0) is 9.59 Å². The van der Waals surface area contributed by atoms with Crippen LogP contribution in [0.2, 0.25) is 0 Å². The number of methoxy groups -OCH3 is 1. The molecule has 1 unspecified atom stereocenters. The van der Waals surface area contributed by atoms with Gasteiger partial charge in [-0.05, 0) is 72.9 Å². The standard InChI is InChI=1S/C30H31NO5/c1-6-36-25-16-13-21(17-23(25)18(2)3)28(32)26-27(20-11-14-22(35-5)15-12-20)31(30(34)29(26)33)24-10-8-7-9-19(24)4/h7-18,27,32H,6H2,1-5H3/b28-26-. The molecule has 6 nitrogen and oxygen atoms in total. The number of para-hydroxylation sites is 1. The summed E-state index contributed by atoms with van der Waals surface area (Å²) in [6.07, 6.45) is 0. The topological polar surface area (TPSA) is 76.1 Å². The van der Waals surface area contributed by atoms with Gasteiger partial charge < -0.3 is 14.6 Å². The molecule has 0 spiro atoms. The fraction of sp³-hybridized carbons (Fsp3) is 0.267. The van der Waals surface area contributed by atoms with Crippen molar-refractivity contribution in [1.29, 1.82) is 0 Å². The number of hydrogen-bond acceptors (Lipinski definition) is 5. The number of hydrogen-bond donors (Lipinski definition) is 1. The first kappa shape index (κ1) is 25.0. The predicted octanol–water partition coefficient (Wildman–Crippen LogP) is 6.15. The molecule has 0 radical (unpaired) electrons. The highest BCUT2D eigenvalue weighted by atomic mass is 16.5. The highest BCUT2D eigenvalue weighted by Crippen LogP contribution is 2.44. The lowest BCUT2D eigenvalue weighted by atomic mass is 9.93. The molecule has 1 atom stereocenters. The maximum absolute atomic E-state index is 13.5. The number of carbonyl (C=O) groups is 2. The number of ketones is 1. The van der Waals surface area contributed by atoms with Crippen molar-refractivity contribution >= 4 is 23.1 Å². The molecule has 1 heterocycles. The van der Waals surface area contributed by atoms with Crippen molar-refractivity contribution in [3.63, 3.8) is 0 Å². The first-order valence-electron chi connectivity index (χ1n) is 12.1. The van der Waals surface area contributed by atoms with E-state index in [9.17, 15) is 14.7 Å². The van der Waals surface area contributed by atoms with Crippen molar-refractivity contribution < 1.29 is 24.2 Å². The van der Waals surface area contributed by atoms with Crippen LogP contribution in [0.5, 0.6) is 11.5 Å². The second-order valence-electron chi connectivity index (χ2n) is 9.07. The highest BCUT2D eigenvalue weighted by molar-refractivity contribution is 6.51. The van der Waals surface area contributed by atoms with Crippen molar-refractivity contribution in [3.05, 3.63) is 94.6 Å².